The van der Waals surface area contributed by atoms with Gasteiger partial charge in [-0.05, 0) is 18.2 Å². The van der Waals surface area contributed by atoms with Crippen LogP contribution in [0.3, 0.4) is 0 Å². The fraction of sp³-hybridized carbons (Fsp3) is 0.105. The number of H-pyrrole nitrogens is 1. The number of benzene rings is 2. The van der Waals surface area contributed by atoms with Crippen molar-refractivity contribution in [2.75, 3.05) is 11.9 Å². The van der Waals surface area contributed by atoms with E-state index in [-0.39, 0.29) is 30.3 Å². The molecule has 0 atom stereocenters. The molecule has 3 aromatic rings. The fourth-order valence-electron chi connectivity index (χ4n) is 2.58. The van der Waals surface area contributed by atoms with Crippen LogP contribution >= 0.6 is 12.4 Å². The van der Waals surface area contributed by atoms with Crippen LogP contribution in [-0.2, 0) is 4.79 Å². The molecule has 0 saturated carbocycles. The molecule has 0 fully saturated rings. The number of carbonyl (C=O) groups is 1. The number of rotatable bonds is 5. The molecule has 4 N–H and O–H groups in total. The van der Waals surface area contributed by atoms with E-state index in [0.29, 0.717) is 23.3 Å². The maximum atomic E-state index is 11.9. The second kappa shape index (κ2) is 8.94. The van der Waals surface area contributed by atoms with Gasteiger partial charge in [0.25, 0.3) is 5.56 Å². The number of halogens is 1. The molecule has 1 amide bonds. The molecule has 6 nitrogen and oxygen atoms in total. The summed E-state index contributed by atoms with van der Waals surface area (Å²) < 4.78 is 0. The number of fused-ring (bicyclic) bond motifs is 1. The van der Waals surface area contributed by atoms with Crippen LogP contribution in [0.1, 0.15) is 6.42 Å². The molecule has 0 unspecified atom stereocenters. The van der Waals surface area contributed by atoms with E-state index in [2.05, 4.69) is 15.5 Å². The second-order valence-corrected chi connectivity index (χ2v) is 5.49. The van der Waals surface area contributed by atoms with Gasteiger partial charge in [0.15, 0.2) is 0 Å². The van der Waals surface area contributed by atoms with Gasteiger partial charge >= 0.3 is 0 Å². The smallest absolute Gasteiger partial charge is 0.272 e. The number of aromatic nitrogens is 2. The van der Waals surface area contributed by atoms with Crippen LogP contribution in [0.25, 0.3) is 22.0 Å². The molecule has 0 aliphatic carbocycles. The predicted octanol–water partition coefficient (Wildman–Crippen LogP) is 2.86. The fourth-order valence-corrected chi connectivity index (χ4v) is 2.58. The first-order valence-electron chi connectivity index (χ1n) is 7.92. The van der Waals surface area contributed by atoms with Crippen molar-refractivity contribution in [2.24, 2.45) is 5.73 Å². The zero-order valence-electron chi connectivity index (χ0n) is 13.9. The zero-order valence-corrected chi connectivity index (χ0v) is 14.8. The molecular weight excluding hydrogens is 352 g/mol. The number of aromatic amines is 1. The van der Waals surface area contributed by atoms with Crippen LogP contribution in [0, 0.1) is 0 Å². The van der Waals surface area contributed by atoms with E-state index in [4.69, 9.17) is 5.73 Å². The minimum absolute atomic E-state index is 0. The Labute approximate surface area is 156 Å². The van der Waals surface area contributed by atoms with Gasteiger partial charge in [0.05, 0.1) is 11.1 Å². The quantitative estimate of drug-likeness (QED) is 0.601. The first kappa shape index (κ1) is 19.4. The SMILES string of the molecule is Cl.NCC=CCC(=O)Nc1cccc(-c2n[nH]c(=O)c3ccccc23)c1. The third-order valence-electron chi connectivity index (χ3n) is 3.72. The minimum atomic E-state index is -0.226. The maximum absolute atomic E-state index is 11.9. The maximum Gasteiger partial charge on any atom is 0.272 e. The van der Waals surface area contributed by atoms with Gasteiger partial charge in [0.2, 0.25) is 5.91 Å². The van der Waals surface area contributed by atoms with Gasteiger partial charge in [0.1, 0.15) is 0 Å². The molecule has 1 heterocycles. The summed E-state index contributed by atoms with van der Waals surface area (Å²) in [6, 6.07) is 14.7. The van der Waals surface area contributed by atoms with E-state index in [1.807, 2.05) is 42.5 Å². The first-order chi connectivity index (χ1) is 12.2. The summed E-state index contributed by atoms with van der Waals surface area (Å²) in [6.07, 6.45) is 3.74. The summed E-state index contributed by atoms with van der Waals surface area (Å²) in [4.78, 5) is 23.8. The lowest BCUT2D eigenvalue weighted by Crippen LogP contribution is -2.11. The lowest BCUT2D eigenvalue weighted by Gasteiger charge is -2.08. The Hall–Kier alpha value is -2.96. The molecule has 0 aliphatic heterocycles. The van der Waals surface area contributed by atoms with Crippen molar-refractivity contribution in [3.05, 3.63) is 71.0 Å². The Morgan fingerprint density at radius 1 is 1.12 bits per heavy atom. The van der Waals surface area contributed by atoms with Crippen molar-refractivity contribution in [3.63, 3.8) is 0 Å². The number of amides is 1. The van der Waals surface area contributed by atoms with Gasteiger partial charge in [-0.2, -0.15) is 5.10 Å². The Morgan fingerprint density at radius 3 is 2.65 bits per heavy atom. The van der Waals surface area contributed by atoms with Crippen LogP contribution in [0.4, 0.5) is 5.69 Å². The van der Waals surface area contributed by atoms with Crippen LogP contribution in [-0.4, -0.2) is 22.6 Å². The van der Waals surface area contributed by atoms with Crippen molar-refractivity contribution in [3.8, 4) is 11.3 Å². The summed E-state index contributed by atoms with van der Waals surface area (Å²) >= 11 is 0. The zero-order chi connectivity index (χ0) is 17.6. The summed E-state index contributed by atoms with van der Waals surface area (Å²) in [7, 11) is 0. The molecule has 0 aliphatic rings. The van der Waals surface area contributed by atoms with Crippen molar-refractivity contribution in [2.45, 2.75) is 6.42 Å². The normalized spacial score (nSPS) is 10.7. The molecule has 0 radical (unpaired) electrons. The van der Waals surface area contributed by atoms with Crippen molar-refractivity contribution < 1.29 is 4.79 Å². The molecule has 0 bridgehead atoms. The number of nitrogens with zero attached hydrogens (tertiary/aromatic N) is 1. The molecule has 7 heteroatoms. The minimum Gasteiger partial charge on any atom is -0.327 e. The van der Waals surface area contributed by atoms with E-state index < -0.39 is 0 Å². The third kappa shape index (κ3) is 4.36. The van der Waals surface area contributed by atoms with E-state index in [1.54, 1.807) is 18.2 Å². The average Bonchev–Trinajstić information content (AvgIpc) is 2.63. The highest BCUT2D eigenvalue weighted by Crippen LogP contribution is 2.26. The Balaban J connectivity index is 0.00000243. The second-order valence-electron chi connectivity index (χ2n) is 5.49. The summed E-state index contributed by atoms with van der Waals surface area (Å²) in [5, 5.41) is 10.9. The first-order valence-corrected chi connectivity index (χ1v) is 7.92. The van der Waals surface area contributed by atoms with Gasteiger partial charge in [-0.1, -0.05) is 42.5 Å². The van der Waals surface area contributed by atoms with E-state index in [0.717, 1.165) is 10.9 Å². The van der Waals surface area contributed by atoms with E-state index >= 15 is 0 Å². The Morgan fingerprint density at radius 2 is 1.88 bits per heavy atom. The molecule has 2 aromatic carbocycles. The highest BCUT2D eigenvalue weighted by Gasteiger charge is 2.09. The molecule has 1 aromatic heterocycles. The number of carbonyl (C=O) groups excluding carboxylic acids is 1. The number of hydrogen-bond donors (Lipinski definition) is 3. The summed E-state index contributed by atoms with van der Waals surface area (Å²) in [5.74, 6) is -0.124. The highest BCUT2D eigenvalue weighted by molar-refractivity contribution is 5.96. The topological polar surface area (TPSA) is 101 Å². The Bertz CT molecular complexity index is 998. The van der Waals surface area contributed by atoms with Crippen LogP contribution in [0.15, 0.2) is 65.5 Å². The summed E-state index contributed by atoms with van der Waals surface area (Å²) in [6.45, 7) is 0.410. The monoisotopic (exact) mass is 370 g/mol. The van der Waals surface area contributed by atoms with Crippen LogP contribution in [0.2, 0.25) is 0 Å². The molecule has 134 valence electrons. The molecular formula is C19H19ClN4O2. The lowest BCUT2D eigenvalue weighted by atomic mass is 10.0. The summed E-state index contributed by atoms with van der Waals surface area (Å²) in [5.41, 5.74) is 7.27. The van der Waals surface area contributed by atoms with Gasteiger partial charge < -0.3 is 11.1 Å². The largest absolute Gasteiger partial charge is 0.327 e. The number of anilines is 1. The predicted molar refractivity (Wildman–Crippen MR) is 106 cm³/mol. The van der Waals surface area contributed by atoms with Gasteiger partial charge in [-0.25, -0.2) is 5.10 Å². The van der Waals surface area contributed by atoms with E-state index in [9.17, 15) is 9.59 Å². The van der Waals surface area contributed by atoms with Gasteiger partial charge in [-0.3, -0.25) is 9.59 Å². The number of nitrogens with one attached hydrogen (secondary N) is 2. The number of hydrogen-bond acceptors (Lipinski definition) is 4. The molecule has 0 saturated heterocycles. The van der Waals surface area contributed by atoms with Crippen molar-refractivity contribution in [1.82, 2.24) is 10.2 Å². The highest BCUT2D eigenvalue weighted by atomic mass is 35.5. The van der Waals surface area contributed by atoms with Crippen LogP contribution < -0.4 is 16.6 Å². The van der Waals surface area contributed by atoms with E-state index in [1.165, 1.54) is 0 Å². The van der Waals surface area contributed by atoms with Gasteiger partial charge in [0, 0.05) is 29.6 Å². The number of nitrogens with two attached hydrogens (primary N) is 1. The third-order valence-corrected chi connectivity index (χ3v) is 3.72. The molecule has 3 rings (SSSR count). The van der Waals surface area contributed by atoms with Crippen molar-refractivity contribution in [1.29, 1.82) is 0 Å². The van der Waals surface area contributed by atoms with Crippen LogP contribution in [0.5, 0.6) is 0 Å². The van der Waals surface area contributed by atoms with Crippen molar-refractivity contribution >= 4 is 34.8 Å². The molecule has 26 heavy (non-hydrogen) atoms. The standard InChI is InChI=1S/C19H18N4O2.ClH/c20-11-4-3-10-17(24)21-14-7-5-6-13(12-14)18-15-8-1-2-9-16(15)19(25)23-22-18;/h1-9,12H,10-11,20H2,(H,21,24)(H,23,25);1H. The lowest BCUT2D eigenvalue weighted by molar-refractivity contribution is -0.115. The van der Waals surface area contributed by atoms with Gasteiger partial charge in [-0.15, -0.1) is 12.4 Å². The average molecular weight is 371 g/mol. The Kier molecular flexibility index (Phi) is 6.66. The molecule has 0 spiro atoms.